The fourth-order valence-corrected chi connectivity index (χ4v) is 1.51. The molecule has 2 aliphatic rings. The monoisotopic (exact) mass is 139 g/mol. The molecule has 56 valence electrons. The average molecular weight is 139 g/mol. The predicted molar refractivity (Wildman–Crippen MR) is 40.0 cm³/mol. The Bertz CT molecular complexity index is 149. The van der Waals surface area contributed by atoms with Gasteiger partial charge >= 0.3 is 0 Å². The van der Waals surface area contributed by atoms with Gasteiger partial charge in [-0.1, -0.05) is 0 Å². The zero-order chi connectivity index (χ0) is 6.97. The molecule has 3 N–H and O–H groups in total. The zero-order valence-electron chi connectivity index (χ0n) is 5.96. The Morgan fingerprint density at radius 2 is 2.30 bits per heavy atom. The lowest BCUT2D eigenvalue weighted by atomic mass is 9.87. The third kappa shape index (κ3) is 0.865. The Kier molecular flexibility index (Phi) is 1.31. The molecule has 1 aliphatic heterocycles. The van der Waals surface area contributed by atoms with Crippen LogP contribution in [0.2, 0.25) is 0 Å². The molecule has 3 nitrogen and oxygen atoms in total. The number of hydrogen-bond donors (Lipinski definition) is 2. The van der Waals surface area contributed by atoms with E-state index in [-0.39, 0.29) is 0 Å². The summed E-state index contributed by atoms with van der Waals surface area (Å²) in [5.74, 6) is 0. The molecule has 0 radical (unpaired) electrons. The van der Waals surface area contributed by atoms with Crippen LogP contribution >= 0.6 is 0 Å². The first-order chi connectivity index (χ1) is 4.86. The van der Waals surface area contributed by atoms with E-state index in [0.717, 1.165) is 19.5 Å². The summed E-state index contributed by atoms with van der Waals surface area (Å²) in [6.07, 6.45) is 6.42. The van der Waals surface area contributed by atoms with Gasteiger partial charge in [0, 0.05) is 24.5 Å². The lowest BCUT2D eigenvalue weighted by Gasteiger charge is -2.38. The number of nitrogens with two attached hydrogens (primary N) is 1. The van der Waals surface area contributed by atoms with Gasteiger partial charge in [-0.25, -0.2) is 0 Å². The third-order valence-electron chi connectivity index (χ3n) is 2.28. The van der Waals surface area contributed by atoms with E-state index in [1.165, 1.54) is 0 Å². The molecule has 0 bridgehead atoms. The molecule has 3 heteroatoms. The molecule has 1 aliphatic carbocycles. The second-order valence-electron chi connectivity index (χ2n) is 3.08. The van der Waals surface area contributed by atoms with Crippen molar-refractivity contribution in [1.82, 2.24) is 10.2 Å². The SMILES string of the molecule is NC1CC(N2C=CNC2)C1. The van der Waals surface area contributed by atoms with E-state index >= 15 is 0 Å². The molecule has 0 atom stereocenters. The summed E-state index contributed by atoms with van der Waals surface area (Å²) in [5.41, 5.74) is 5.67. The standard InChI is InChI=1S/C7H13N3/c8-6-3-7(4-6)10-2-1-9-5-10/h1-2,6-7,9H,3-5,8H2. The molecule has 0 amide bonds. The summed E-state index contributed by atoms with van der Waals surface area (Å²) in [6.45, 7) is 0.970. The van der Waals surface area contributed by atoms with Crippen molar-refractivity contribution in [3.63, 3.8) is 0 Å². The average Bonchev–Trinajstić information content (AvgIpc) is 2.31. The molecule has 1 heterocycles. The van der Waals surface area contributed by atoms with Gasteiger partial charge < -0.3 is 16.0 Å². The van der Waals surface area contributed by atoms with Crippen molar-refractivity contribution in [2.75, 3.05) is 6.67 Å². The van der Waals surface area contributed by atoms with Crippen molar-refractivity contribution in [2.24, 2.45) is 5.73 Å². The fraction of sp³-hybridized carbons (Fsp3) is 0.714. The first-order valence-corrected chi connectivity index (χ1v) is 3.77. The van der Waals surface area contributed by atoms with E-state index in [2.05, 4.69) is 16.4 Å². The van der Waals surface area contributed by atoms with E-state index < -0.39 is 0 Å². The number of nitrogens with zero attached hydrogens (tertiary/aromatic N) is 1. The first kappa shape index (κ1) is 6.04. The first-order valence-electron chi connectivity index (χ1n) is 3.77. The van der Waals surface area contributed by atoms with E-state index in [1.807, 2.05) is 6.20 Å². The van der Waals surface area contributed by atoms with Crippen molar-refractivity contribution < 1.29 is 0 Å². The zero-order valence-corrected chi connectivity index (χ0v) is 5.96. The fourth-order valence-electron chi connectivity index (χ4n) is 1.51. The summed E-state index contributed by atoms with van der Waals surface area (Å²) in [7, 11) is 0. The van der Waals surface area contributed by atoms with Gasteiger partial charge in [0.2, 0.25) is 0 Å². The third-order valence-corrected chi connectivity index (χ3v) is 2.28. The minimum absolute atomic E-state index is 0.457. The Morgan fingerprint density at radius 3 is 2.80 bits per heavy atom. The van der Waals surface area contributed by atoms with E-state index in [0.29, 0.717) is 12.1 Å². The van der Waals surface area contributed by atoms with Crippen LogP contribution in [0.1, 0.15) is 12.8 Å². The molecule has 1 saturated carbocycles. The van der Waals surface area contributed by atoms with Crippen LogP contribution in [0.4, 0.5) is 0 Å². The van der Waals surface area contributed by atoms with E-state index in [1.54, 1.807) is 0 Å². The maximum Gasteiger partial charge on any atom is 0.0870 e. The quantitative estimate of drug-likeness (QED) is 0.529. The van der Waals surface area contributed by atoms with Crippen LogP contribution in [0.5, 0.6) is 0 Å². The summed E-state index contributed by atoms with van der Waals surface area (Å²) in [5, 5.41) is 3.14. The molecule has 10 heavy (non-hydrogen) atoms. The normalized spacial score (nSPS) is 37.5. The molecule has 1 fully saturated rings. The minimum atomic E-state index is 0.457. The van der Waals surface area contributed by atoms with Crippen LogP contribution in [0.15, 0.2) is 12.4 Å². The van der Waals surface area contributed by atoms with E-state index in [4.69, 9.17) is 5.73 Å². The lowest BCUT2D eigenvalue weighted by Crippen LogP contribution is -2.48. The van der Waals surface area contributed by atoms with Gasteiger partial charge in [-0.15, -0.1) is 0 Å². The second kappa shape index (κ2) is 2.16. The van der Waals surface area contributed by atoms with Crippen LogP contribution in [-0.4, -0.2) is 23.7 Å². The molecule has 0 spiro atoms. The highest BCUT2D eigenvalue weighted by Crippen LogP contribution is 2.24. The molecule has 0 aromatic carbocycles. The summed E-state index contributed by atoms with van der Waals surface area (Å²) < 4.78 is 0. The largest absolute Gasteiger partial charge is 0.373 e. The maximum atomic E-state index is 5.67. The van der Waals surface area contributed by atoms with Gasteiger partial charge in [-0.2, -0.15) is 0 Å². The van der Waals surface area contributed by atoms with Crippen LogP contribution in [-0.2, 0) is 0 Å². The highest BCUT2D eigenvalue weighted by Gasteiger charge is 2.30. The Labute approximate surface area is 60.9 Å². The molecule has 2 rings (SSSR count). The molecule has 0 aromatic heterocycles. The van der Waals surface area contributed by atoms with Crippen molar-refractivity contribution in [2.45, 2.75) is 24.9 Å². The smallest absolute Gasteiger partial charge is 0.0870 e. The van der Waals surface area contributed by atoms with Gasteiger partial charge in [0.25, 0.3) is 0 Å². The Hall–Kier alpha value is -0.700. The van der Waals surface area contributed by atoms with Crippen LogP contribution in [0, 0.1) is 0 Å². The maximum absolute atomic E-state index is 5.67. The number of hydrogen-bond acceptors (Lipinski definition) is 3. The summed E-state index contributed by atoms with van der Waals surface area (Å²) >= 11 is 0. The highest BCUT2D eigenvalue weighted by molar-refractivity contribution is 4.98. The second-order valence-corrected chi connectivity index (χ2v) is 3.08. The van der Waals surface area contributed by atoms with Gasteiger partial charge in [-0.05, 0) is 12.8 Å². The van der Waals surface area contributed by atoms with Gasteiger partial charge in [-0.3, -0.25) is 0 Å². The molecule has 0 aromatic rings. The van der Waals surface area contributed by atoms with Crippen molar-refractivity contribution in [1.29, 1.82) is 0 Å². The number of rotatable bonds is 1. The van der Waals surface area contributed by atoms with Crippen molar-refractivity contribution in [3.05, 3.63) is 12.4 Å². The lowest BCUT2D eigenvalue weighted by molar-refractivity contribution is 0.167. The van der Waals surface area contributed by atoms with Crippen molar-refractivity contribution in [3.8, 4) is 0 Å². The van der Waals surface area contributed by atoms with Crippen LogP contribution < -0.4 is 11.1 Å². The van der Waals surface area contributed by atoms with E-state index in [9.17, 15) is 0 Å². The Morgan fingerprint density at radius 1 is 1.50 bits per heavy atom. The predicted octanol–water partition coefficient (Wildman–Crippen LogP) is -0.190. The highest BCUT2D eigenvalue weighted by atomic mass is 15.3. The minimum Gasteiger partial charge on any atom is -0.373 e. The van der Waals surface area contributed by atoms with Gasteiger partial charge in [0.15, 0.2) is 0 Å². The molecular formula is C7H13N3. The summed E-state index contributed by atoms with van der Waals surface area (Å²) in [6, 6.07) is 1.17. The molecule has 0 saturated heterocycles. The van der Waals surface area contributed by atoms with Gasteiger partial charge in [0.1, 0.15) is 0 Å². The van der Waals surface area contributed by atoms with Crippen LogP contribution in [0.3, 0.4) is 0 Å². The van der Waals surface area contributed by atoms with Crippen molar-refractivity contribution >= 4 is 0 Å². The van der Waals surface area contributed by atoms with Crippen LogP contribution in [0.25, 0.3) is 0 Å². The summed E-state index contributed by atoms with van der Waals surface area (Å²) in [4.78, 5) is 2.31. The number of nitrogens with one attached hydrogen (secondary N) is 1. The topological polar surface area (TPSA) is 41.3 Å². The Balaban J connectivity index is 1.84. The molecular weight excluding hydrogens is 126 g/mol. The molecule has 0 unspecified atom stereocenters. The van der Waals surface area contributed by atoms with Gasteiger partial charge in [0.05, 0.1) is 6.67 Å².